The maximum atomic E-state index is 12.4. The molecule has 0 unspecified atom stereocenters. The largest absolute Gasteiger partial charge is 0.496 e. The van der Waals surface area contributed by atoms with Crippen LogP contribution in [0.25, 0.3) is 0 Å². The van der Waals surface area contributed by atoms with E-state index in [0.717, 1.165) is 11.1 Å². The molecule has 1 amide bonds. The van der Waals surface area contributed by atoms with E-state index in [1.165, 1.54) is 12.0 Å². The Morgan fingerprint density at radius 2 is 1.85 bits per heavy atom. The van der Waals surface area contributed by atoms with Crippen molar-refractivity contribution in [2.24, 2.45) is 0 Å². The zero-order chi connectivity index (χ0) is 19.9. The first kappa shape index (κ1) is 21.3. The van der Waals surface area contributed by atoms with E-state index >= 15 is 0 Å². The van der Waals surface area contributed by atoms with Crippen LogP contribution >= 0.6 is 11.6 Å². The van der Waals surface area contributed by atoms with Crippen molar-refractivity contribution in [3.63, 3.8) is 0 Å². The molecule has 0 fully saturated rings. The molecule has 0 aliphatic carbocycles. The summed E-state index contributed by atoms with van der Waals surface area (Å²) in [5, 5.41) is 0.528. The Bertz CT molecular complexity index is 869. The van der Waals surface area contributed by atoms with Crippen LogP contribution in [0, 0.1) is 0 Å². The number of halogens is 1. The van der Waals surface area contributed by atoms with Crippen LogP contribution in [0.5, 0.6) is 5.75 Å². The Morgan fingerprint density at radius 1 is 1.15 bits per heavy atom. The van der Waals surface area contributed by atoms with Crippen LogP contribution in [-0.4, -0.2) is 44.9 Å². The molecule has 0 aliphatic heterocycles. The fourth-order valence-electron chi connectivity index (χ4n) is 2.73. The number of amides is 1. The van der Waals surface area contributed by atoms with Gasteiger partial charge in [0.05, 0.1) is 12.9 Å². The van der Waals surface area contributed by atoms with Crippen LogP contribution in [-0.2, 0) is 27.6 Å². The number of sulfone groups is 1. The molecule has 0 radical (unpaired) electrons. The lowest BCUT2D eigenvalue weighted by molar-refractivity contribution is -0.127. The van der Waals surface area contributed by atoms with E-state index in [4.69, 9.17) is 16.3 Å². The number of carbonyl (C=O) groups is 1. The number of hydrogen-bond donors (Lipinski definition) is 0. The average molecular weight is 410 g/mol. The molecule has 2 rings (SSSR count). The van der Waals surface area contributed by atoms with Gasteiger partial charge in [-0.05, 0) is 36.6 Å². The van der Waals surface area contributed by atoms with E-state index in [9.17, 15) is 13.2 Å². The van der Waals surface area contributed by atoms with Gasteiger partial charge in [-0.1, -0.05) is 41.9 Å². The van der Waals surface area contributed by atoms with E-state index in [1.54, 1.807) is 25.2 Å². The Kier molecular flexibility index (Phi) is 7.68. The Hall–Kier alpha value is -2.05. The Morgan fingerprint density at radius 3 is 2.52 bits per heavy atom. The molecule has 7 heteroatoms. The third kappa shape index (κ3) is 6.88. The topological polar surface area (TPSA) is 63.7 Å². The van der Waals surface area contributed by atoms with Crippen LogP contribution in [0.3, 0.4) is 0 Å². The number of aryl methyl sites for hydroxylation is 1. The second kappa shape index (κ2) is 9.76. The van der Waals surface area contributed by atoms with Crippen molar-refractivity contribution in [2.75, 3.05) is 25.7 Å². The molecule has 0 spiro atoms. The summed E-state index contributed by atoms with van der Waals surface area (Å²) in [5.74, 6) is -0.357. The molecule has 0 saturated carbocycles. The highest BCUT2D eigenvalue weighted by Crippen LogP contribution is 2.23. The molecule has 0 saturated heterocycles. The minimum atomic E-state index is -3.46. The maximum absolute atomic E-state index is 12.4. The van der Waals surface area contributed by atoms with E-state index in [0.29, 0.717) is 23.6 Å². The summed E-state index contributed by atoms with van der Waals surface area (Å²) in [4.78, 5) is 13.7. The predicted molar refractivity (Wildman–Crippen MR) is 108 cm³/mol. The highest BCUT2D eigenvalue weighted by Gasteiger charge is 2.20. The molecular weight excluding hydrogens is 386 g/mol. The van der Waals surface area contributed by atoms with Gasteiger partial charge >= 0.3 is 0 Å². The normalized spacial score (nSPS) is 11.2. The molecule has 2 aromatic carbocycles. The number of methoxy groups -OCH3 is 1. The monoisotopic (exact) mass is 409 g/mol. The first-order valence-electron chi connectivity index (χ1n) is 8.61. The molecular formula is C20H24ClNO4S. The summed E-state index contributed by atoms with van der Waals surface area (Å²) in [6.45, 7) is 0.224. The molecule has 5 nitrogen and oxygen atoms in total. The number of ether oxygens (including phenoxy) is 1. The smallest absolute Gasteiger partial charge is 0.237 e. The van der Waals surface area contributed by atoms with Gasteiger partial charge in [0.25, 0.3) is 0 Å². The summed E-state index contributed by atoms with van der Waals surface area (Å²) in [5.41, 5.74) is 1.81. The second-order valence-electron chi connectivity index (χ2n) is 6.39. The van der Waals surface area contributed by atoms with Gasteiger partial charge in [-0.25, -0.2) is 8.42 Å². The van der Waals surface area contributed by atoms with Crippen molar-refractivity contribution in [1.82, 2.24) is 4.90 Å². The highest BCUT2D eigenvalue weighted by molar-refractivity contribution is 7.92. The molecule has 0 bridgehead atoms. The number of nitrogens with zero attached hydrogens (tertiary/aromatic N) is 1. The van der Waals surface area contributed by atoms with Gasteiger partial charge < -0.3 is 9.64 Å². The van der Waals surface area contributed by atoms with Crippen LogP contribution in [0.4, 0.5) is 0 Å². The number of carbonyl (C=O) groups excluding carboxylic acids is 1. The fraction of sp³-hybridized carbons (Fsp3) is 0.350. The van der Waals surface area contributed by atoms with Gasteiger partial charge in [0.1, 0.15) is 11.5 Å². The van der Waals surface area contributed by atoms with E-state index in [2.05, 4.69) is 0 Å². The summed E-state index contributed by atoms with van der Waals surface area (Å²) in [7, 11) is -0.356. The van der Waals surface area contributed by atoms with Gasteiger partial charge in [0.15, 0.2) is 9.84 Å². The van der Waals surface area contributed by atoms with Gasteiger partial charge in [-0.2, -0.15) is 0 Å². The summed E-state index contributed by atoms with van der Waals surface area (Å²) in [6, 6.07) is 14.8. The van der Waals surface area contributed by atoms with Crippen LogP contribution in [0.2, 0.25) is 5.02 Å². The fourth-order valence-corrected chi connectivity index (χ4v) is 4.25. The standard InChI is InChI=1S/C20H24ClNO4S/c1-22(14-17-13-18(21)10-11-19(17)26-2)20(23)15-27(24,25)12-6-9-16-7-4-3-5-8-16/h3-5,7-8,10-11,13H,6,9,12,14-15H2,1-2H3. The van der Waals surface area contributed by atoms with E-state index < -0.39 is 21.5 Å². The minimum absolute atomic E-state index is 0.0119. The Balaban J connectivity index is 1.90. The molecule has 146 valence electrons. The lowest BCUT2D eigenvalue weighted by Gasteiger charge is -2.19. The molecule has 0 heterocycles. The van der Waals surface area contributed by atoms with Gasteiger partial charge in [0.2, 0.25) is 5.91 Å². The van der Waals surface area contributed by atoms with Crippen molar-refractivity contribution < 1.29 is 17.9 Å². The SMILES string of the molecule is COc1ccc(Cl)cc1CN(C)C(=O)CS(=O)(=O)CCCc1ccccc1. The average Bonchev–Trinajstić information content (AvgIpc) is 2.62. The molecule has 0 atom stereocenters. The lowest BCUT2D eigenvalue weighted by atomic mass is 10.1. The van der Waals surface area contributed by atoms with Crippen LogP contribution in [0.15, 0.2) is 48.5 Å². The minimum Gasteiger partial charge on any atom is -0.496 e. The molecule has 2 aromatic rings. The summed E-state index contributed by atoms with van der Waals surface area (Å²) >= 11 is 6.00. The third-order valence-corrected chi connectivity index (χ3v) is 6.02. The molecule has 0 aromatic heterocycles. The van der Waals surface area contributed by atoms with Crippen LogP contribution < -0.4 is 4.74 Å². The van der Waals surface area contributed by atoms with Crippen LogP contribution in [0.1, 0.15) is 17.5 Å². The predicted octanol–water partition coefficient (Wildman–Crippen LogP) is 3.35. The first-order valence-corrected chi connectivity index (χ1v) is 10.8. The highest BCUT2D eigenvalue weighted by atomic mass is 35.5. The molecule has 0 N–H and O–H groups in total. The zero-order valence-electron chi connectivity index (χ0n) is 15.5. The van der Waals surface area contributed by atoms with Gasteiger partial charge in [-0.15, -0.1) is 0 Å². The van der Waals surface area contributed by atoms with Crippen molar-refractivity contribution in [3.8, 4) is 5.75 Å². The van der Waals surface area contributed by atoms with Crippen molar-refractivity contribution in [1.29, 1.82) is 0 Å². The van der Waals surface area contributed by atoms with Gasteiger partial charge in [-0.3, -0.25) is 4.79 Å². The van der Waals surface area contributed by atoms with Crippen molar-refractivity contribution in [2.45, 2.75) is 19.4 Å². The quantitative estimate of drug-likeness (QED) is 0.637. The first-order chi connectivity index (χ1) is 12.8. The third-order valence-electron chi connectivity index (χ3n) is 4.18. The molecule has 0 aliphatic rings. The summed E-state index contributed by atoms with van der Waals surface area (Å²) in [6.07, 6.45) is 1.16. The van der Waals surface area contributed by atoms with E-state index in [1.807, 2.05) is 30.3 Å². The van der Waals surface area contributed by atoms with Crippen molar-refractivity contribution >= 4 is 27.3 Å². The second-order valence-corrected chi connectivity index (χ2v) is 9.01. The number of rotatable bonds is 9. The Labute approximate surface area is 165 Å². The molecule has 27 heavy (non-hydrogen) atoms. The van der Waals surface area contributed by atoms with E-state index in [-0.39, 0.29) is 12.3 Å². The zero-order valence-corrected chi connectivity index (χ0v) is 17.1. The lowest BCUT2D eigenvalue weighted by Crippen LogP contribution is -2.33. The number of benzene rings is 2. The summed E-state index contributed by atoms with van der Waals surface area (Å²) < 4.78 is 29.8. The van der Waals surface area contributed by atoms with Crippen molar-refractivity contribution in [3.05, 3.63) is 64.7 Å². The number of hydrogen-bond acceptors (Lipinski definition) is 4. The van der Waals surface area contributed by atoms with Gasteiger partial charge in [0, 0.05) is 24.2 Å². The maximum Gasteiger partial charge on any atom is 0.237 e.